The molecule has 0 atom stereocenters. The largest absolute Gasteiger partial charge is 0.369 e. The maximum absolute atomic E-state index is 12.2. The summed E-state index contributed by atoms with van der Waals surface area (Å²) in [5.41, 5.74) is 5.71. The number of carbonyl (C=O) groups is 1. The minimum Gasteiger partial charge on any atom is -0.369 e. The molecule has 1 saturated heterocycles. The topological polar surface area (TPSA) is 47.9 Å². The van der Waals surface area contributed by atoms with Gasteiger partial charge in [0.1, 0.15) is 0 Å². The molecule has 0 saturated carbocycles. The number of piperazine rings is 1. The quantitative estimate of drug-likeness (QED) is 0.502. The summed E-state index contributed by atoms with van der Waals surface area (Å²) in [4.78, 5) is 18.1. The lowest BCUT2D eigenvalue weighted by atomic mass is 10.1. The molecule has 6 heteroatoms. The Bertz CT molecular complexity index is 931. The smallest absolute Gasteiger partial charge is 0.271 e. The number of nitrogens with one attached hydrogen (secondary N) is 1. The van der Waals surface area contributed by atoms with E-state index < -0.39 is 0 Å². The predicted octanol–water partition coefficient (Wildman–Crippen LogP) is 3.83. The summed E-state index contributed by atoms with van der Waals surface area (Å²) in [6.07, 6.45) is 1.66. The molecule has 1 amide bonds. The van der Waals surface area contributed by atoms with Gasteiger partial charge in [0.05, 0.1) is 6.21 Å². The van der Waals surface area contributed by atoms with E-state index in [1.165, 1.54) is 11.3 Å². The van der Waals surface area contributed by atoms with E-state index in [1.54, 1.807) is 17.6 Å². The van der Waals surface area contributed by atoms with Gasteiger partial charge in [0.15, 0.2) is 0 Å². The van der Waals surface area contributed by atoms with Crippen LogP contribution in [0.1, 0.15) is 20.8 Å². The molecule has 0 radical (unpaired) electrons. The highest BCUT2D eigenvalue weighted by Crippen LogP contribution is 2.17. The van der Waals surface area contributed by atoms with Crippen LogP contribution in [0.4, 0.5) is 5.69 Å². The van der Waals surface area contributed by atoms with E-state index in [0.717, 1.165) is 37.6 Å². The van der Waals surface area contributed by atoms with Crippen LogP contribution in [0.5, 0.6) is 0 Å². The maximum Gasteiger partial charge on any atom is 0.271 e. The van der Waals surface area contributed by atoms with Gasteiger partial charge in [-0.2, -0.15) is 5.10 Å². The third-order valence-corrected chi connectivity index (χ3v) is 5.82. The Labute approximate surface area is 175 Å². The first kappa shape index (κ1) is 19.4. The van der Waals surface area contributed by atoms with E-state index >= 15 is 0 Å². The van der Waals surface area contributed by atoms with Crippen molar-refractivity contribution in [2.24, 2.45) is 5.10 Å². The predicted molar refractivity (Wildman–Crippen MR) is 120 cm³/mol. The molecule has 0 bridgehead atoms. The molecule has 0 unspecified atom stereocenters. The van der Waals surface area contributed by atoms with Crippen LogP contribution in [-0.4, -0.2) is 43.2 Å². The number of nitrogens with zero attached hydrogens (tertiary/aromatic N) is 3. The second-order valence-electron chi connectivity index (χ2n) is 7.01. The summed E-state index contributed by atoms with van der Waals surface area (Å²) in [5.74, 6) is -0.194. The van der Waals surface area contributed by atoms with Gasteiger partial charge in [-0.05, 0) is 41.3 Å². The standard InChI is InChI=1S/C23H24N4OS/c28-23(25-24-17-22-7-4-16-29-22)20-10-8-19(9-11-20)18-26-12-14-27(15-13-26)21-5-2-1-3-6-21/h1-11,16-17H,12-15,18H2,(H,25,28)/b24-17-. The molecular weight excluding hydrogens is 380 g/mol. The Morgan fingerprint density at radius 3 is 2.41 bits per heavy atom. The Hall–Kier alpha value is -2.96. The van der Waals surface area contributed by atoms with Crippen LogP contribution in [0.2, 0.25) is 0 Å². The van der Waals surface area contributed by atoms with Crippen LogP contribution in [-0.2, 0) is 6.54 Å². The number of thiophene rings is 1. The van der Waals surface area contributed by atoms with Crippen molar-refractivity contribution in [1.82, 2.24) is 10.3 Å². The summed E-state index contributed by atoms with van der Waals surface area (Å²) >= 11 is 1.58. The molecule has 29 heavy (non-hydrogen) atoms. The zero-order valence-electron chi connectivity index (χ0n) is 16.2. The minimum atomic E-state index is -0.194. The van der Waals surface area contributed by atoms with Crippen LogP contribution in [0.25, 0.3) is 0 Å². The van der Waals surface area contributed by atoms with Crippen LogP contribution in [0, 0.1) is 0 Å². The van der Waals surface area contributed by atoms with Crippen LogP contribution < -0.4 is 10.3 Å². The highest BCUT2D eigenvalue weighted by molar-refractivity contribution is 7.11. The summed E-state index contributed by atoms with van der Waals surface area (Å²) in [6.45, 7) is 5.05. The van der Waals surface area contributed by atoms with E-state index in [4.69, 9.17) is 0 Å². The average Bonchev–Trinajstić information content (AvgIpc) is 3.29. The van der Waals surface area contributed by atoms with E-state index in [-0.39, 0.29) is 5.91 Å². The number of benzene rings is 2. The van der Waals surface area contributed by atoms with Crippen LogP contribution in [0.3, 0.4) is 0 Å². The molecule has 1 aliphatic rings. The van der Waals surface area contributed by atoms with Gasteiger partial charge in [-0.25, -0.2) is 5.43 Å². The zero-order chi connectivity index (χ0) is 19.9. The minimum absolute atomic E-state index is 0.194. The number of hydrogen-bond donors (Lipinski definition) is 1. The summed E-state index contributed by atoms with van der Waals surface area (Å²) in [6, 6.07) is 22.3. The molecule has 3 aromatic rings. The SMILES string of the molecule is O=C(N/N=C\c1cccs1)c1ccc(CN2CCN(c3ccccc3)CC2)cc1. The van der Waals surface area contributed by atoms with Crippen molar-refractivity contribution in [3.63, 3.8) is 0 Å². The van der Waals surface area contributed by atoms with Gasteiger partial charge in [-0.1, -0.05) is 36.4 Å². The van der Waals surface area contributed by atoms with Crippen LogP contribution >= 0.6 is 11.3 Å². The fourth-order valence-corrected chi connectivity index (χ4v) is 3.99. The molecule has 5 nitrogen and oxygen atoms in total. The molecule has 0 aliphatic carbocycles. The van der Waals surface area contributed by atoms with Crippen molar-refractivity contribution in [2.45, 2.75) is 6.54 Å². The van der Waals surface area contributed by atoms with E-state index in [0.29, 0.717) is 5.56 Å². The summed E-state index contributed by atoms with van der Waals surface area (Å²) < 4.78 is 0. The molecule has 1 aliphatic heterocycles. The van der Waals surface area contributed by atoms with Gasteiger partial charge in [0, 0.05) is 48.9 Å². The van der Waals surface area contributed by atoms with E-state index in [9.17, 15) is 4.79 Å². The molecule has 1 aromatic heterocycles. The first-order chi connectivity index (χ1) is 14.3. The van der Waals surface area contributed by atoms with Gasteiger partial charge in [0.25, 0.3) is 5.91 Å². The number of amides is 1. The number of hydrazone groups is 1. The zero-order valence-corrected chi connectivity index (χ0v) is 17.0. The fourth-order valence-electron chi connectivity index (χ4n) is 3.41. The fraction of sp³-hybridized carbons (Fsp3) is 0.217. The summed E-state index contributed by atoms with van der Waals surface area (Å²) in [7, 11) is 0. The molecule has 1 N–H and O–H groups in total. The van der Waals surface area contributed by atoms with Gasteiger partial charge in [-0.3, -0.25) is 9.69 Å². The number of hydrogen-bond acceptors (Lipinski definition) is 5. The summed E-state index contributed by atoms with van der Waals surface area (Å²) in [5, 5.41) is 5.99. The highest BCUT2D eigenvalue weighted by atomic mass is 32.1. The molecule has 2 heterocycles. The Morgan fingerprint density at radius 2 is 1.72 bits per heavy atom. The van der Waals surface area contributed by atoms with E-state index in [1.807, 2.05) is 41.8 Å². The molecular formula is C23H24N4OS. The molecule has 1 fully saturated rings. The molecule has 2 aromatic carbocycles. The van der Waals surface area contributed by atoms with Crippen molar-refractivity contribution in [3.05, 3.63) is 88.1 Å². The normalized spacial score (nSPS) is 15.0. The highest BCUT2D eigenvalue weighted by Gasteiger charge is 2.17. The maximum atomic E-state index is 12.2. The number of carbonyl (C=O) groups excluding carboxylic acids is 1. The van der Waals surface area contributed by atoms with Gasteiger partial charge in [0.2, 0.25) is 0 Å². The lowest BCUT2D eigenvalue weighted by Crippen LogP contribution is -2.45. The molecule has 0 spiro atoms. The third kappa shape index (κ3) is 5.31. The monoisotopic (exact) mass is 404 g/mol. The van der Waals surface area contributed by atoms with Crippen molar-refractivity contribution in [3.8, 4) is 0 Å². The molecule has 4 rings (SSSR count). The van der Waals surface area contributed by atoms with Gasteiger partial charge >= 0.3 is 0 Å². The van der Waals surface area contributed by atoms with Gasteiger partial charge < -0.3 is 4.90 Å². The van der Waals surface area contributed by atoms with Crippen molar-refractivity contribution in [1.29, 1.82) is 0 Å². The average molecular weight is 405 g/mol. The molecule has 148 valence electrons. The second-order valence-corrected chi connectivity index (χ2v) is 7.99. The van der Waals surface area contributed by atoms with Gasteiger partial charge in [-0.15, -0.1) is 11.3 Å². The lowest BCUT2D eigenvalue weighted by Gasteiger charge is -2.36. The number of rotatable bonds is 6. The van der Waals surface area contributed by atoms with Crippen molar-refractivity contribution < 1.29 is 4.79 Å². The second kappa shape index (κ2) is 9.49. The Kier molecular flexibility index (Phi) is 6.34. The Morgan fingerprint density at radius 1 is 0.966 bits per heavy atom. The van der Waals surface area contributed by atoms with Crippen molar-refractivity contribution >= 4 is 29.1 Å². The Balaban J connectivity index is 1.26. The van der Waals surface area contributed by atoms with Crippen LogP contribution in [0.15, 0.2) is 77.2 Å². The van der Waals surface area contributed by atoms with Crippen molar-refractivity contribution in [2.75, 3.05) is 31.1 Å². The first-order valence-corrected chi connectivity index (χ1v) is 10.6. The third-order valence-electron chi connectivity index (χ3n) is 5.02. The first-order valence-electron chi connectivity index (χ1n) is 9.76. The van der Waals surface area contributed by atoms with E-state index in [2.05, 4.69) is 50.7 Å². The lowest BCUT2D eigenvalue weighted by molar-refractivity contribution is 0.0955. The number of anilines is 1. The number of para-hydroxylation sites is 1.